The Morgan fingerprint density at radius 2 is 1.85 bits per heavy atom. The molecule has 0 bridgehead atoms. The summed E-state index contributed by atoms with van der Waals surface area (Å²) < 4.78 is 25.1. The van der Waals surface area contributed by atoms with Gasteiger partial charge in [-0.2, -0.15) is 10.1 Å². The van der Waals surface area contributed by atoms with Gasteiger partial charge in [-0.25, -0.2) is 18.1 Å². The molecule has 0 saturated heterocycles. The average Bonchev–Trinajstić information content (AvgIpc) is 3.04. The highest BCUT2D eigenvalue weighted by atomic mass is 32.2. The zero-order valence-corrected chi connectivity index (χ0v) is 16.1. The summed E-state index contributed by atoms with van der Waals surface area (Å²) >= 11 is 0. The maximum absolute atomic E-state index is 11.6. The van der Waals surface area contributed by atoms with Gasteiger partial charge in [-0.05, 0) is 43.0 Å². The number of rotatable bonds is 5. The fourth-order valence-corrected chi connectivity index (χ4v) is 4.22. The summed E-state index contributed by atoms with van der Waals surface area (Å²) in [7, 11) is -3.20. The lowest BCUT2D eigenvalue weighted by atomic mass is 9.89. The molecule has 1 N–H and O–H groups in total. The first kappa shape index (κ1) is 17.9. The largest absolute Gasteiger partial charge is 0.324 e. The average molecular weight is 385 g/mol. The molecule has 7 nitrogen and oxygen atoms in total. The van der Waals surface area contributed by atoms with Gasteiger partial charge in [0.1, 0.15) is 0 Å². The third kappa shape index (κ3) is 4.10. The fraction of sp³-hybridized carbons (Fsp3) is 0.421. The van der Waals surface area contributed by atoms with E-state index in [0.29, 0.717) is 11.9 Å². The molecule has 1 aliphatic carbocycles. The number of hydrogen-bond donors (Lipinski definition) is 1. The lowest BCUT2D eigenvalue weighted by Gasteiger charge is -2.21. The predicted octanol–water partition coefficient (Wildman–Crippen LogP) is 3.55. The molecule has 0 unspecified atom stereocenters. The Bertz CT molecular complexity index is 1040. The van der Waals surface area contributed by atoms with Crippen LogP contribution in [0.5, 0.6) is 0 Å². The van der Waals surface area contributed by atoms with Crippen LogP contribution >= 0.6 is 0 Å². The van der Waals surface area contributed by atoms with Gasteiger partial charge >= 0.3 is 0 Å². The van der Waals surface area contributed by atoms with E-state index in [0.717, 1.165) is 23.3 Å². The van der Waals surface area contributed by atoms with Crippen LogP contribution < -0.4 is 5.32 Å². The van der Waals surface area contributed by atoms with Crippen LogP contribution in [-0.2, 0) is 16.4 Å². The van der Waals surface area contributed by atoms with Crippen molar-refractivity contribution in [3.8, 4) is 0 Å². The summed E-state index contributed by atoms with van der Waals surface area (Å²) in [5.74, 6) is 1.14. The van der Waals surface area contributed by atoms with Crippen molar-refractivity contribution < 1.29 is 8.42 Å². The summed E-state index contributed by atoms with van der Waals surface area (Å²) in [5.41, 5.74) is 1.56. The number of nitrogens with one attached hydrogen (secondary N) is 1. The van der Waals surface area contributed by atoms with Crippen molar-refractivity contribution in [1.82, 2.24) is 19.7 Å². The van der Waals surface area contributed by atoms with Gasteiger partial charge in [0.05, 0.1) is 16.5 Å². The van der Waals surface area contributed by atoms with Crippen LogP contribution in [0.15, 0.2) is 41.6 Å². The molecule has 1 aliphatic rings. The van der Waals surface area contributed by atoms with E-state index in [9.17, 15) is 8.42 Å². The minimum absolute atomic E-state index is 0.287. The van der Waals surface area contributed by atoms with Crippen molar-refractivity contribution in [3.63, 3.8) is 0 Å². The van der Waals surface area contributed by atoms with Gasteiger partial charge in [-0.15, -0.1) is 0 Å². The molecule has 0 spiro atoms. The van der Waals surface area contributed by atoms with Gasteiger partial charge in [-0.1, -0.05) is 19.3 Å². The first-order chi connectivity index (χ1) is 13.0. The van der Waals surface area contributed by atoms with Gasteiger partial charge in [-0.3, -0.25) is 0 Å². The van der Waals surface area contributed by atoms with Crippen molar-refractivity contribution in [2.75, 3.05) is 11.6 Å². The molecule has 142 valence electrons. The number of aromatic nitrogens is 4. The van der Waals surface area contributed by atoms with Crippen LogP contribution in [0.3, 0.4) is 0 Å². The molecule has 8 heteroatoms. The first-order valence-corrected chi connectivity index (χ1v) is 11.1. The maximum Gasteiger partial charge on any atom is 0.229 e. The Hall–Kier alpha value is -2.48. The summed E-state index contributed by atoms with van der Waals surface area (Å²) in [4.78, 5) is 9.25. The van der Waals surface area contributed by atoms with Crippen LogP contribution in [0.25, 0.3) is 11.0 Å². The van der Waals surface area contributed by atoms with Gasteiger partial charge in [0, 0.05) is 24.7 Å². The lowest BCUT2D eigenvalue weighted by molar-refractivity contribution is 0.311. The Morgan fingerprint density at radius 3 is 2.56 bits per heavy atom. The molecule has 0 atom stereocenters. The van der Waals surface area contributed by atoms with Gasteiger partial charge in [0.2, 0.25) is 5.95 Å². The Morgan fingerprint density at radius 1 is 1.11 bits per heavy atom. The topological polar surface area (TPSA) is 89.8 Å². The molecular weight excluding hydrogens is 362 g/mol. The standard InChI is InChI=1S/C19H23N5O2S/c1-27(25,26)17-9-7-16(8-10-17)22-19-20-11-15-12-21-24(18(15)23-19)13-14-5-3-2-4-6-14/h7-12,14H,2-6,13H2,1H3,(H,20,22,23). The molecule has 27 heavy (non-hydrogen) atoms. The normalized spacial score (nSPS) is 15.9. The fourth-order valence-electron chi connectivity index (χ4n) is 3.59. The summed E-state index contributed by atoms with van der Waals surface area (Å²) in [6, 6.07) is 6.57. The summed E-state index contributed by atoms with van der Waals surface area (Å²) in [5, 5.41) is 8.55. The highest BCUT2D eigenvalue weighted by Crippen LogP contribution is 2.26. The van der Waals surface area contributed by atoms with E-state index >= 15 is 0 Å². The van der Waals surface area contributed by atoms with E-state index in [-0.39, 0.29) is 4.90 Å². The molecule has 4 rings (SSSR count). The van der Waals surface area contributed by atoms with Crippen LogP contribution in [0.4, 0.5) is 11.6 Å². The third-order valence-electron chi connectivity index (χ3n) is 5.07. The van der Waals surface area contributed by atoms with Crippen LogP contribution in [-0.4, -0.2) is 34.4 Å². The van der Waals surface area contributed by atoms with Crippen LogP contribution in [0.1, 0.15) is 32.1 Å². The molecule has 1 saturated carbocycles. The first-order valence-electron chi connectivity index (χ1n) is 9.25. The molecule has 3 aromatic rings. The SMILES string of the molecule is CS(=O)(=O)c1ccc(Nc2ncc3cnn(CC4CCCCC4)c3n2)cc1. The van der Waals surface area contributed by atoms with Crippen molar-refractivity contribution in [2.45, 2.75) is 43.5 Å². The maximum atomic E-state index is 11.6. The van der Waals surface area contributed by atoms with Gasteiger partial charge < -0.3 is 5.32 Å². The Labute approximate surface area is 158 Å². The second-order valence-electron chi connectivity index (χ2n) is 7.22. The number of benzene rings is 1. The molecule has 0 aliphatic heterocycles. The van der Waals surface area contributed by atoms with Gasteiger partial charge in [0.25, 0.3) is 0 Å². The number of sulfone groups is 1. The number of fused-ring (bicyclic) bond motifs is 1. The lowest BCUT2D eigenvalue weighted by Crippen LogP contribution is -2.15. The molecule has 2 heterocycles. The minimum atomic E-state index is -3.20. The second-order valence-corrected chi connectivity index (χ2v) is 9.24. The van der Waals surface area contributed by atoms with Crippen molar-refractivity contribution in [3.05, 3.63) is 36.7 Å². The smallest absolute Gasteiger partial charge is 0.229 e. The Kier molecular flexibility index (Phi) is 4.82. The van der Waals surface area contributed by atoms with E-state index in [1.165, 1.54) is 38.4 Å². The van der Waals surface area contributed by atoms with E-state index in [2.05, 4.69) is 20.4 Å². The van der Waals surface area contributed by atoms with Crippen molar-refractivity contribution in [1.29, 1.82) is 0 Å². The highest BCUT2D eigenvalue weighted by Gasteiger charge is 2.16. The number of hydrogen-bond acceptors (Lipinski definition) is 6. The minimum Gasteiger partial charge on any atom is -0.324 e. The van der Waals surface area contributed by atoms with E-state index < -0.39 is 9.84 Å². The quantitative estimate of drug-likeness (QED) is 0.722. The zero-order valence-electron chi connectivity index (χ0n) is 15.3. The van der Waals surface area contributed by atoms with E-state index in [1.807, 2.05) is 10.9 Å². The number of anilines is 2. The van der Waals surface area contributed by atoms with Crippen LogP contribution in [0.2, 0.25) is 0 Å². The molecule has 1 fully saturated rings. The molecule has 0 amide bonds. The molecular formula is C19H23N5O2S. The number of nitrogens with zero attached hydrogens (tertiary/aromatic N) is 4. The third-order valence-corrected chi connectivity index (χ3v) is 6.20. The molecule has 0 radical (unpaired) electrons. The predicted molar refractivity (Wildman–Crippen MR) is 105 cm³/mol. The van der Waals surface area contributed by atoms with Crippen molar-refractivity contribution >= 4 is 32.5 Å². The summed E-state index contributed by atoms with van der Waals surface area (Å²) in [6.45, 7) is 0.892. The molecule has 1 aromatic carbocycles. The monoisotopic (exact) mass is 385 g/mol. The van der Waals surface area contributed by atoms with Crippen LogP contribution in [0, 0.1) is 5.92 Å². The second kappa shape index (κ2) is 7.26. The Balaban J connectivity index is 1.54. The van der Waals surface area contributed by atoms with Gasteiger partial charge in [0.15, 0.2) is 15.5 Å². The summed E-state index contributed by atoms with van der Waals surface area (Å²) in [6.07, 6.45) is 11.2. The van der Waals surface area contributed by atoms with E-state index in [1.54, 1.807) is 30.5 Å². The van der Waals surface area contributed by atoms with Crippen molar-refractivity contribution in [2.24, 2.45) is 5.92 Å². The molecule has 2 aromatic heterocycles. The zero-order chi connectivity index (χ0) is 18.9. The van der Waals surface area contributed by atoms with E-state index in [4.69, 9.17) is 0 Å². The highest BCUT2D eigenvalue weighted by molar-refractivity contribution is 7.90.